The van der Waals surface area contributed by atoms with Crippen molar-refractivity contribution in [2.24, 2.45) is 0 Å². The van der Waals surface area contributed by atoms with Crippen LogP contribution in [-0.4, -0.2) is 24.0 Å². The molecule has 1 aliphatic heterocycles. The monoisotopic (exact) mass is 338 g/mol. The van der Waals surface area contributed by atoms with E-state index in [0.29, 0.717) is 11.7 Å². The maximum absolute atomic E-state index is 12.2. The molecule has 5 nitrogen and oxygen atoms in total. The fraction of sp³-hybridized carbons (Fsp3) is 0.333. The number of fused-ring (bicyclic) bond motifs is 1. The largest absolute Gasteiger partial charge is 0.398 e. The molecule has 118 valence electrons. The number of nitrogens with one attached hydrogen (secondary N) is 1. The summed E-state index contributed by atoms with van der Waals surface area (Å²) in [6.07, 6.45) is 2.00. The normalized spacial score (nSPS) is 13.2. The predicted molar refractivity (Wildman–Crippen MR) is 94.1 cm³/mol. The van der Waals surface area contributed by atoms with Crippen LogP contribution < -0.4 is 16.0 Å². The zero-order chi connectivity index (χ0) is 14.8. The lowest BCUT2D eigenvalue weighted by atomic mass is 10.00. The van der Waals surface area contributed by atoms with E-state index in [1.807, 2.05) is 30.5 Å². The molecule has 3 N–H and O–H groups in total. The van der Waals surface area contributed by atoms with Gasteiger partial charge in [-0.25, -0.2) is 4.98 Å². The van der Waals surface area contributed by atoms with Gasteiger partial charge in [-0.05, 0) is 37.5 Å². The van der Waals surface area contributed by atoms with Crippen LogP contribution >= 0.6 is 23.7 Å². The van der Waals surface area contributed by atoms with Gasteiger partial charge in [-0.3, -0.25) is 4.79 Å². The third kappa shape index (κ3) is 3.51. The summed E-state index contributed by atoms with van der Waals surface area (Å²) in [7, 11) is 0. The van der Waals surface area contributed by atoms with Crippen LogP contribution in [0.4, 0.5) is 16.5 Å². The number of benzene rings is 1. The van der Waals surface area contributed by atoms with E-state index in [-0.39, 0.29) is 18.3 Å². The molecule has 0 spiro atoms. The summed E-state index contributed by atoms with van der Waals surface area (Å²) in [6.45, 7) is 3.12. The van der Waals surface area contributed by atoms with E-state index in [1.165, 1.54) is 11.3 Å². The van der Waals surface area contributed by atoms with Crippen LogP contribution in [0.3, 0.4) is 0 Å². The number of nitrogens with two attached hydrogens (primary N) is 1. The van der Waals surface area contributed by atoms with Crippen molar-refractivity contribution >= 4 is 46.2 Å². The van der Waals surface area contributed by atoms with Crippen molar-refractivity contribution < 1.29 is 4.79 Å². The number of thiazole rings is 1. The van der Waals surface area contributed by atoms with Crippen molar-refractivity contribution in [1.82, 2.24) is 4.98 Å². The Morgan fingerprint density at radius 1 is 1.50 bits per heavy atom. The van der Waals surface area contributed by atoms with Crippen molar-refractivity contribution in [1.29, 1.82) is 0 Å². The molecule has 0 saturated heterocycles. The van der Waals surface area contributed by atoms with E-state index < -0.39 is 0 Å². The van der Waals surface area contributed by atoms with Gasteiger partial charge in [0, 0.05) is 23.3 Å². The number of aromatic nitrogens is 1. The number of hydrogen-bond donors (Lipinski definition) is 2. The molecule has 0 bridgehead atoms. The van der Waals surface area contributed by atoms with Crippen molar-refractivity contribution in [2.45, 2.75) is 19.8 Å². The minimum absolute atomic E-state index is 0. The summed E-state index contributed by atoms with van der Waals surface area (Å²) in [5.41, 5.74) is 9.99. The number of hydrogen-bond acceptors (Lipinski definition) is 5. The number of nitrogens with zero attached hydrogens (tertiary/aromatic N) is 2. The third-order valence-electron chi connectivity index (χ3n) is 3.58. The Morgan fingerprint density at radius 2 is 2.32 bits per heavy atom. The first-order valence-electron chi connectivity index (χ1n) is 6.98. The molecule has 2 aromatic rings. The molecule has 2 heterocycles. The molecule has 1 aromatic carbocycles. The summed E-state index contributed by atoms with van der Waals surface area (Å²) in [5, 5.41) is 5.43. The van der Waals surface area contributed by atoms with Gasteiger partial charge in [0.1, 0.15) is 0 Å². The zero-order valence-corrected chi connectivity index (χ0v) is 14.0. The molecule has 0 radical (unpaired) electrons. The molecule has 1 aliphatic rings. The van der Waals surface area contributed by atoms with Crippen molar-refractivity contribution in [3.8, 4) is 0 Å². The van der Waals surface area contributed by atoms with Gasteiger partial charge in [0.2, 0.25) is 5.91 Å². The van der Waals surface area contributed by atoms with E-state index in [0.717, 1.165) is 42.0 Å². The lowest BCUT2D eigenvalue weighted by molar-refractivity contribution is -0.115. The first-order valence-corrected chi connectivity index (χ1v) is 7.86. The minimum Gasteiger partial charge on any atom is -0.398 e. The molecule has 3 rings (SSSR count). The highest BCUT2D eigenvalue weighted by Gasteiger charge is 2.20. The lowest BCUT2D eigenvalue weighted by Gasteiger charge is -2.31. The number of amides is 1. The van der Waals surface area contributed by atoms with Gasteiger partial charge in [0.25, 0.3) is 0 Å². The van der Waals surface area contributed by atoms with Crippen LogP contribution in [0.15, 0.2) is 23.6 Å². The van der Waals surface area contributed by atoms with Crippen molar-refractivity contribution in [3.05, 3.63) is 34.8 Å². The molecule has 0 aliphatic carbocycles. The molecule has 0 fully saturated rings. The quantitative estimate of drug-likeness (QED) is 0.844. The van der Waals surface area contributed by atoms with Crippen molar-refractivity contribution in [2.75, 3.05) is 29.0 Å². The fourth-order valence-corrected chi connectivity index (χ4v) is 3.34. The van der Waals surface area contributed by atoms with E-state index in [9.17, 15) is 4.79 Å². The van der Waals surface area contributed by atoms with Crippen LogP contribution in [0, 0.1) is 6.92 Å². The highest BCUT2D eigenvalue weighted by molar-refractivity contribution is 7.13. The number of anilines is 3. The van der Waals surface area contributed by atoms with Gasteiger partial charge >= 0.3 is 0 Å². The maximum Gasteiger partial charge on any atom is 0.245 e. The third-order valence-corrected chi connectivity index (χ3v) is 4.46. The summed E-state index contributed by atoms with van der Waals surface area (Å²) < 4.78 is 0. The Hall–Kier alpha value is -1.79. The summed E-state index contributed by atoms with van der Waals surface area (Å²) >= 11 is 1.45. The molecule has 0 saturated carbocycles. The molecule has 0 unspecified atom stereocenters. The Balaban J connectivity index is 0.00000176. The van der Waals surface area contributed by atoms with Crippen LogP contribution in [0.5, 0.6) is 0 Å². The highest BCUT2D eigenvalue weighted by Crippen LogP contribution is 2.31. The smallest absolute Gasteiger partial charge is 0.245 e. The number of nitrogen functional groups attached to an aromatic ring is 1. The Kier molecular flexibility index (Phi) is 5.26. The van der Waals surface area contributed by atoms with Gasteiger partial charge in [0.15, 0.2) is 5.13 Å². The summed E-state index contributed by atoms with van der Waals surface area (Å²) in [5.74, 6) is -0.0420. The zero-order valence-electron chi connectivity index (χ0n) is 12.3. The Labute approximate surface area is 139 Å². The molecule has 22 heavy (non-hydrogen) atoms. The first kappa shape index (κ1) is 16.6. The number of carbonyl (C=O) groups is 1. The van der Waals surface area contributed by atoms with Crippen LogP contribution in [0.1, 0.15) is 17.7 Å². The molecule has 1 amide bonds. The second-order valence-corrected chi connectivity index (χ2v) is 6.07. The second kappa shape index (κ2) is 6.98. The SMILES string of the molecule is Cc1csc(NC(=O)CN2CCCc3c(N)cccc32)n1.Cl. The number of rotatable bonds is 3. The van der Waals surface area contributed by atoms with E-state index in [4.69, 9.17) is 5.73 Å². The average Bonchev–Trinajstić information content (AvgIpc) is 2.85. The van der Waals surface area contributed by atoms with Gasteiger partial charge < -0.3 is 16.0 Å². The fourth-order valence-electron chi connectivity index (χ4n) is 2.64. The van der Waals surface area contributed by atoms with E-state index in [2.05, 4.69) is 15.2 Å². The number of aryl methyl sites for hydroxylation is 1. The highest BCUT2D eigenvalue weighted by atomic mass is 35.5. The Bertz CT molecular complexity index is 673. The van der Waals surface area contributed by atoms with E-state index >= 15 is 0 Å². The molecule has 7 heteroatoms. The van der Waals surface area contributed by atoms with E-state index in [1.54, 1.807) is 0 Å². The first-order chi connectivity index (χ1) is 10.1. The van der Waals surface area contributed by atoms with Gasteiger partial charge in [-0.1, -0.05) is 6.07 Å². The second-order valence-electron chi connectivity index (χ2n) is 5.21. The predicted octanol–water partition coefficient (Wildman–Crippen LogP) is 2.85. The van der Waals surface area contributed by atoms with Crippen LogP contribution in [0.2, 0.25) is 0 Å². The standard InChI is InChI=1S/C15H18N4OS.ClH/c1-10-9-21-15(17-10)18-14(20)8-19-7-3-4-11-12(16)5-2-6-13(11)19;/h2,5-6,9H,3-4,7-8,16H2,1H3,(H,17,18,20);1H. The van der Waals surface area contributed by atoms with Gasteiger partial charge in [-0.15, -0.1) is 23.7 Å². The maximum atomic E-state index is 12.2. The average molecular weight is 339 g/mol. The lowest BCUT2D eigenvalue weighted by Crippen LogP contribution is -2.37. The molecular formula is C15H19ClN4OS. The molecule has 1 aromatic heterocycles. The van der Waals surface area contributed by atoms with Gasteiger partial charge in [0.05, 0.1) is 12.2 Å². The van der Waals surface area contributed by atoms with Crippen LogP contribution in [0.25, 0.3) is 0 Å². The Morgan fingerprint density at radius 3 is 3.05 bits per heavy atom. The molecule has 0 atom stereocenters. The number of halogens is 1. The van der Waals surface area contributed by atoms with Crippen molar-refractivity contribution in [3.63, 3.8) is 0 Å². The van der Waals surface area contributed by atoms with Gasteiger partial charge in [-0.2, -0.15) is 0 Å². The summed E-state index contributed by atoms with van der Waals surface area (Å²) in [6, 6.07) is 5.89. The minimum atomic E-state index is -0.0420. The summed E-state index contributed by atoms with van der Waals surface area (Å²) in [4.78, 5) is 18.5. The number of carbonyl (C=O) groups excluding carboxylic acids is 1. The molecular weight excluding hydrogens is 320 g/mol. The van der Waals surface area contributed by atoms with Crippen LogP contribution in [-0.2, 0) is 11.2 Å². The topological polar surface area (TPSA) is 71.2 Å².